The van der Waals surface area contributed by atoms with Crippen molar-refractivity contribution in [2.75, 3.05) is 0 Å². The number of unbranched alkanes of at least 4 members (excludes halogenated alkanes) is 1. The van der Waals surface area contributed by atoms with Gasteiger partial charge in [0.25, 0.3) is 0 Å². The fourth-order valence-electron chi connectivity index (χ4n) is 9.15. The van der Waals surface area contributed by atoms with Crippen molar-refractivity contribution in [3.8, 4) is 11.3 Å². The molecule has 5 aliphatic rings. The van der Waals surface area contributed by atoms with Crippen molar-refractivity contribution in [3.05, 3.63) is 71.9 Å². The zero-order chi connectivity index (χ0) is 28.4. The Labute approximate surface area is 242 Å². The maximum atomic E-state index is 14.8. The molecular formula is C33H40FN3O3S. The van der Waals surface area contributed by atoms with Crippen LogP contribution in [0.4, 0.5) is 4.39 Å². The van der Waals surface area contributed by atoms with Gasteiger partial charge in [-0.3, -0.25) is 0 Å². The molecule has 4 aliphatic carbocycles. The zero-order valence-electron chi connectivity index (χ0n) is 23.7. The molecule has 0 amide bonds. The van der Waals surface area contributed by atoms with Crippen LogP contribution in [-0.4, -0.2) is 34.7 Å². The summed E-state index contributed by atoms with van der Waals surface area (Å²) >= 11 is 0. The summed E-state index contributed by atoms with van der Waals surface area (Å²) in [6.45, 7) is 1.97. The first-order valence-corrected chi connectivity index (χ1v) is 16.8. The molecular weight excluding hydrogens is 537 g/mol. The molecule has 4 atom stereocenters. The Morgan fingerprint density at radius 2 is 1.85 bits per heavy atom. The van der Waals surface area contributed by atoms with Crippen LogP contribution in [0.1, 0.15) is 81.4 Å². The number of nitrogens with one attached hydrogen (secondary N) is 1. The van der Waals surface area contributed by atoms with Crippen molar-refractivity contribution in [2.45, 2.75) is 93.7 Å². The highest BCUT2D eigenvalue weighted by atomic mass is 32.2. The van der Waals surface area contributed by atoms with Crippen LogP contribution in [0, 0.1) is 36.4 Å². The molecule has 8 heteroatoms. The number of halogens is 1. The summed E-state index contributed by atoms with van der Waals surface area (Å²) in [5.41, 5.74) is 3.22. The van der Waals surface area contributed by atoms with Gasteiger partial charge < -0.3 is 9.67 Å². The number of benzene rings is 2. The number of aliphatic hydroxyl groups excluding tert-OH is 1. The molecule has 4 unspecified atom stereocenters. The number of nitrogens with zero attached hydrogens (tertiary/aromatic N) is 2. The molecule has 1 aromatic heterocycles. The van der Waals surface area contributed by atoms with Crippen LogP contribution in [0.5, 0.6) is 0 Å². The molecule has 3 aromatic rings. The van der Waals surface area contributed by atoms with Gasteiger partial charge in [0.05, 0.1) is 35.3 Å². The normalized spacial score (nSPS) is 30.4. The Hall–Kier alpha value is -2.55. The minimum absolute atomic E-state index is 0.218. The topological polar surface area (TPSA) is 84.2 Å². The van der Waals surface area contributed by atoms with E-state index in [0.717, 1.165) is 55.3 Å². The summed E-state index contributed by atoms with van der Waals surface area (Å²) in [6, 6.07) is 12.1. The number of fused-ring (bicyclic) bond motifs is 3. The number of hydrogen-bond acceptors (Lipinski definition) is 4. The molecule has 4 fully saturated rings. The van der Waals surface area contributed by atoms with E-state index in [1.807, 2.05) is 29.7 Å². The van der Waals surface area contributed by atoms with E-state index >= 15 is 0 Å². The average molecular weight is 578 g/mol. The number of aliphatic hydroxyl groups is 1. The second kappa shape index (κ2) is 10.3. The Morgan fingerprint density at radius 3 is 2.61 bits per heavy atom. The predicted octanol–water partition coefficient (Wildman–Crippen LogP) is 6.39. The van der Waals surface area contributed by atoms with E-state index in [4.69, 9.17) is 0 Å². The smallest absolute Gasteiger partial charge is 0.241 e. The SMILES string of the molecule is Cc1ccc(S(=O)(=O)NC23CC4CC(C2)C(CCCCC(O)CC2c5c(F)cccc5-c5cncn52)C(C4)C3)cc1. The quantitative estimate of drug-likeness (QED) is 0.274. The molecule has 2 aromatic carbocycles. The Kier molecular flexibility index (Phi) is 6.87. The lowest BCUT2D eigenvalue weighted by atomic mass is 9.48. The van der Waals surface area contributed by atoms with Gasteiger partial charge in [-0.25, -0.2) is 22.5 Å². The lowest BCUT2D eigenvalue weighted by Crippen LogP contribution is -2.62. The average Bonchev–Trinajstić information content (AvgIpc) is 3.50. The van der Waals surface area contributed by atoms with Crippen LogP contribution in [0.25, 0.3) is 11.3 Å². The molecule has 2 heterocycles. The first-order valence-electron chi connectivity index (χ1n) is 15.3. The van der Waals surface area contributed by atoms with Gasteiger partial charge in [-0.05, 0) is 100 Å². The molecule has 6 nitrogen and oxygen atoms in total. The van der Waals surface area contributed by atoms with Crippen LogP contribution in [-0.2, 0) is 10.0 Å². The highest BCUT2D eigenvalue weighted by Crippen LogP contribution is 2.59. The third-order valence-electron chi connectivity index (χ3n) is 10.6. The molecule has 0 saturated heterocycles. The van der Waals surface area contributed by atoms with E-state index in [-0.39, 0.29) is 17.4 Å². The monoisotopic (exact) mass is 577 g/mol. The van der Waals surface area contributed by atoms with Gasteiger partial charge >= 0.3 is 0 Å². The van der Waals surface area contributed by atoms with Crippen molar-refractivity contribution < 1.29 is 17.9 Å². The molecule has 2 N–H and O–H groups in total. The Bertz CT molecular complexity index is 1520. The molecule has 218 valence electrons. The molecule has 8 rings (SSSR count). The van der Waals surface area contributed by atoms with E-state index in [2.05, 4.69) is 9.71 Å². The van der Waals surface area contributed by atoms with Crippen LogP contribution in [0.15, 0.2) is 59.9 Å². The number of hydrogen-bond donors (Lipinski definition) is 2. The number of aromatic nitrogens is 2. The van der Waals surface area contributed by atoms with Crippen LogP contribution < -0.4 is 4.72 Å². The van der Waals surface area contributed by atoms with Gasteiger partial charge in [-0.1, -0.05) is 42.7 Å². The zero-order valence-corrected chi connectivity index (χ0v) is 24.5. The summed E-state index contributed by atoms with van der Waals surface area (Å²) < 4.78 is 46.5. The number of sulfonamides is 1. The Balaban J connectivity index is 0.938. The van der Waals surface area contributed by atoms with Gasteiger partial charge in [-0.15, -0.1) is 0 Å². The number of aryl methyl sites for hydroxylation is 1. The summed E-state index contributed by atoms with van der Waals surface area (Å²) in [7, 11) is -3.54. The minimum atomic E-state index is -3.54. The van der Waals surface area contributed by atoms with E-state index in [1.54, 1.807) is 30.7 Å². The standard InChI is InChI=1S/C33H40FN3O3S/c1-21-9-11-26(12-10-21)41(39,40)36-33-16-22-13-23(17-33)27(24(14-22)18-33)6-3-2-5-25(38)15-30-32-28(7-4-8-29(32)34)31-19-35-20-37(30)31/h4,7-12,19-20,22-25,27,30,36,38H,2-3,5-6,13-18H2,1H3. The van der Waals surface area contributed by atoms with Crippen molar-refractivity contribution >= 4 is 10.0 Å². The minimum Gasteiger partial charge on any atom is -0.393 e. The van der Waals surface area contributed by atoms with Gasteiger partial charge in [0.1, 0.15) is 5.82 Å². The summed E-state index contributed by atoms with van der Waals surface area (Å²) in [5, 5.41) is 11.0. The fourth-order valence-corrected chi connectivity index (χ4v) is 10.6. The second-order valence-electron chi connectivity index (χ2n) is 13.4. The summed E-state index contributed by atoms with van der Waals surface area (Å²) in [5.74, 6) is 2.19. The maximum absolute atomic E-state index is 14.8. The summed E-state index contributed by atoms with van der Waals surface area (Å²) in [6.07, 6.45) is 12.6. The largest absolute Gasteiger partial charge is 0.393 e. The lowest BCUT2D eigenvalue weighted by molar-refractivity contribution is -0.0613. The van der Waals surface area contributed by atoms with Crippen LogP contribution in [0.3, 0.4) is 0 Å². The fraction of sp³-hybridized carbons (Fsp3) is 0.545. The molecule has 1 aliphatic heterocycles. The molecule has 0 radical (unpaired) electrons. The van der Waals surface area contributed by atoms with Crippen molar-refractivity contribution in [3.63, 3.8) is 0 Å². The second-order valence-corrected chi connectivity index (χ2v) is 15.1. The molecule has 0 spiro atoms. The molecule has 4 bridgehead atoms. The van der Waals surface area contributed by atoms with E-state index in [1.165, 1.54) is 18.9 Å². The molecule has 4 saturated carbocycles. The van der Waals surface area contributed by atoms with Gasteiger partial charge in [0.15, 0.2) is 0 Å². The first-order chi connectivity index (χ1) is 19.7. The predicted molar refractivity (Wildman–Crippen MR) is 156 cm³/mol. The maximum Gasteiger partial charge on any atom is 0.241 e. The Morgan fingerprint density at radius 1 is 1.10 bits per heavy atom. The van der Waals surface area contributed by atoms with E-state index < -0.39 is 16.1 Å². The third kappa shape index (κ3) is 4.96. The van der Waals surface area contributed by atoms with E-state index in [9.17, 15) is 17.9 Å². The third-order valence-corrected chi connectivity index (χ3v) is 12.2. The van der Waals surface area contributed by atoms with E-state index in [0.29, 0.717) is 47.0 Å². The van der Waals surface area contributed by atoms with Crippen molar-refractivity contribution in [2.24, 2.45) is 23.7 Å². The number of imidazole rings is 1. The molecule has 41 heavy (non-hydrogen) atoms. The van der Waals surface area contributed by atoms with Crippen LogP contribution >= 0.6 is 0 Å². The van der Waals surface area contributed by atoms with Gasteiger partial charge in [0, 0.05) is 16.7 Å². The van der Waals surface area contributed by atoms with Crippen molar-refractivity contribution in [1.29, 1.82) is 0 Å². The lowest BCUT2D eigenvalue weighted by Gasteiger charge is -2.60. The summed E-state index contributed by atoms with van der Waals surface area (Å²) in [4.78, 5) is 4.62. The highest BCUT2D eigenvalue weighted by Gasteiger charge is 2.56. The van der Waals surface area contributed by atoms with Crippen molar-refractivity contribution in [1.82, 2.24) is 14.3 Å². The highest BCUT2D eigenvalue weighted by molar-refractivity contribution is 7.89. The van der Waals surface area contributed by atoms with Gasteiger partial charge in [-0.2, -0.15) is 0 Å². The van der Waals surface area contributed by atoms with Gasteiger partial charge in [0.2, 0.25) is 10.0 Å². The van der Waals surface area contributed by atoms with Crippen LogP contribution in [0.2, 0.25) is 0 Å². The number of rotatable bonds is 10. The first kappa shape index (κ1) is 27.3.